The highest BCUT2D eigenvalue weighted by Gasteiger charge is 2.50. The van der Waals surface area contributed by atoms with Crippen molar-refractivity contribution in [2.24, 2.45) is 17.6 Å². The van der Waals surface area contributed by atoms with Crippen LogP contribution in [0.15, 0.2) is 42.5 Å². The Hall–Kier alpha value is -4.12. The maximum Gasteiger partial charge on any atom is 0.310 e. The molecule has 0 spiro atoms. The van der Waals surface area contributed by atoms with Crippen molar-refractivity contribution in [3.8, 4) is 5.75 Å². The summed E-state index contributed by atoms with van der Waals surface area (Å²) in [5.41, 5.74) is 7.69. The third-order valence-corrected chi connectivity index (χ3v) is 7.38. The van der Waals surface area contributed by atoms with Gasteiger partial charge in [-0.15, -0.1) is 0 Å². The van der Waals surface area contributed by atoms with Gasteiger partial charge in [-0.1, -0.05) is 37.3 Å². The number of nitrogens with one attached hydrogen (secondary N) is 1. The van der Waals surface area contributed by atoms with Crippen molar-refractivity contribution in [2.45, 2.75) is 63.7 Å². The summed E-state index contributed by atoms with van der Waals surface area (Å²) in [6.07, 6.45) is -0.211. The molecule has 2 aromatic carbocycles. The molecule has 39 heavy (non-hydrogen) atoms. The number of ketones is 2. The Morgan fingerprint density at radius 1 is 1.13 bits per heavy atom. The molecular weight excluding hydrogens is 506 g/mol. The number of ether oxygens (including phenoxy) is 1. The Kier molecular flexibility index (Phi) is 8.39. The predicted molar refractivity (Wildman–Crippen MR) is 139 cm³/mol. The summed E-state index contributed by atoms with van der Waals surface area (Å²) in [4.78, 5) is 61.6. The van der Waals surface area contributed by atoms with Crippen LogP contribution in [0, 0.1) is 22.0 Å². The summed E-state index contributed by atoms with van der Waals surface area (Å²) in [6.45, 7) is 1.83. The van der Waals surface area contributed by atoms with E-state index < -0.39 is 58.1 Å². The SMILES string of the molecule is CCCC(=O)[C@H]1OC1C(=O)N[C@H](Cc1ccc(O)c([N+](=O)[O-])c1)C(=O)C[C@@H](C(N)=O)C1Cc2ccccc2C1. The Balaban J connectivity index is 1.53. The van der Waals surface area contributed by atoms with Gasteiger partial charge in [0, 0.05) is 24.8 Å². The molecule has 2 amide bonds. The topological polar surface area (TPSA) is 182 Å². The molecule has 1 aliphatic carbocycles. The molecule has 11 heteroatoms. The van der Waals surface area contributed by atoms with Crippen LogP contribution in [0.4, 0.5) is 5.69 Å². The molecule has 11 nitrogen and oxygen atoms in total. The second kappa shape index (κ2) is 11.7. The molecule has 4 atom stereocenters. The molecule has 4 rings (SSSR count). The lowest BCUT2D eigenvalue weighted by Gasteiger charge is -2.23. The maximum absolute atomic E-state index is 13.6. The fourth-order valence-corrected chi connectivity index (χ4v) is 5.26. The van der Waals surface area contributed by atoms with Crippen LogP contribution < -0.4 is 11.1 Å². The molecule has 1 fully saturated rings. The number of epoxide rings is 1. The Labute approximate surface area is 224 Å². The van der Waals surface area contributed by atoms with Crippen LogP contribution >= 0.6 is 0 Å². The number of hydrogen-bond acceptors (Lipinski definition) is 8. The molecule has 4 N–H and O–H groups in total. The Morgan fingerprint density at radius 3 is 2.38 bits per heavy atom. The normalized spacial score (nSPS) is 19.5. The van der Waals surface area contributed by atoms with Gasteiger partial charge in [0.05, 0.1) is 11.0 Å². The molecule has 206 valence electrons. The molecule has 1 heterocycles. The first kappa shape index (κ1) is 27.9. The van der Waals surface area contributed by atoms with Gasteiger partial charge in [-0.2, -0.15) is 0 Å². The standard InChI is InChI=1S/C28H31N3O8/c1-2-5-23(33)25-26(39-25)28(36)30-20(10-15-8-9-22(32)21(11-15)31(37)38)24(34)14-19(27(29)35)18-12-16-6-3-4-7-17(16)13-18/h3-4,6-9,11,18-20,25-26,32H,2,5,10,12-14H2,1H3,(H2,29,35)(H,30,36)/t19-,20-,25-,26?/m1/s1. The number of carbonyl (C=O) groups excluding carboxylic acids is 4. The molecule has 1 unspecified atom stereocenters. The summed E-state index contributed by atoms with van der Waals surface area (Å²) >= 11 is 0. The monoisotopic (exact) mass is 537 g/mol. The fourth-order valence-electron chi connectivity index (χ4n) is 5.26. The number of nitro groups is 1. The zero-order valence-electron chi connectivity index (χ0n) is 21.5. The van der Waals surface area contributed by atoms with Crippen molar-refractivity contribution in [3.63, 3.8) is 0 Å². The van der Waals surface area contributed by atoms with E-state index in [1.165, 1.54) is 6.07 Å². The van der Waals surface area contributed by atoms with Crippen molar-refractivity contribution in [2.75, 3.05) is 0 Å². The van der Waals surface area contributed by atoms with Gasteiger partial charge < -0.3 is 20.9 Å². The van der Waals surface area contributed by atoms with Crippen LogP contribution in [0.25, 0.3) is 0 Å². The highest BCUT2D eigenvalue weighted by Crippen LogP contribution is 2.34. The minimum atomic E-state index is -1.17. The number of rotatable bonds is 13. The van der Waals surface area contributed by atoms with Gasteiger partial charge in [0.1, 0.15) is 0 Å². The van der Waals surface area contributed by atoms with Crippen molar-refractivity contribution >= 4 is 29.1 Å². The quantitative estimate of drug-likeness (QED) is 0.197. The number of amides is 2. The van der Waals surface area contributed by atoms with Crippen LogP contribution in [0.3, 0.4) is 0 Å². The number of hydrogen-bond donors (Lipinski definition) is 3. The van der Waals surface area contributed by atoms with Gasteiger partial charge in [0.25, 0.3) is 5.91 Å². The largest absolute Gasteiger partial charge is 0.502 e. The average molecular weight is 538 g/mol. The lowest BCUT2D eigenvalue weighted by molar-refractivity contribution is -0.385. The molecule has 1 saturated heterocycles. The van der Waals surface area contributed by atoms with Crippen LogP contribution in [-0.4, -0.2) is 51.7 Å². The van der Waals surface area contributed by atoms with Gasteiger partial charge >= 0.3 is 5.69 Å². The number of nitro benzene ring substituents is 1. The number of nitrogens with two attached hydrogens (primary N) is 1. The second-order valence-corrected chi connectivity index (χ2v) is 10.2. The molecule has 0 bridgehead atoms. The molecule has 0 aromatic heterocycles. The number of nitrogens with zero attached hydrogens (tertiary/aromatic N) is 1. The third-order valence-electron chi connectivity index (χ3n) is 7.38. The van der Waals surface area contributed by atoms with Crippen LogP contribution in [0.1, 0.15) is 42.9 Å². The van der Waals surface area contributed by atoms with Crippen molar-refractivity contribution < 1.29 is 33.9 Å². The number of Topliss-reactive ketones (excluding diaryl/α,β-unsaturated/α-hetero) is 2. The first-order valence-electron chi connectivity index (χ1n) is 12.9. The summed E-state index contributed by atoms with van der Waals surface area (Å²) in [6, 6.07) is 10.3. The minimum Gasteiger partial charge on any atom is -0.502 e. The van der Waals surface area contributed by atoms with Gasteiger partial charge in [0.15, 0.2) is 29.5 Å². The van der Waals surface area contributed by atoms with E-state index in [-0.39, 0.29) is 31.0 Å². The smallest absolute Gasteiger partial charge is 0.310 e. The highest BCUT2D eigenvalue weighted by molar-refractivity contribution is 5.98. The zero-order valence-corrected chi connectivity index (χ0v) is 21.5. The molecule has 1 aliphatic heterocycles. The van der Waals surface area contributed by atoms with Crippen LogP contribution in [0.5, 0.6) is 5.75 Å². The summed E-state index contributed by atoms with van der Waals surface area (Å²) in [5, 5.41) is 23.7. The number of aromatic hydroxyl groups is 1. The molecule has 0 radical (unpaired) electrons. The molecule has 0 saturated carbocycles. The number of primary amides is 1. The van der Waals surface area contributed by atoms with E-state index in [1.54, 1.807) is 0 Å². The number of benzene rings is 2. The molecule has 2 aliphatic rings. The first-order valence-corrected chi connectivity index (χ1v) is 12.9. The van der Waals surface area contributed by atoms with E-state index in [2.05, 4.69) is 5.32 Å². The van der Waals surface area contributed by atoms with Crippen molar-refractivity contribution in [1.29, 1.82) is 0 Å². The van der Waals surface area contributed by atoms with Crippen molar-refractivity contribution in [1.82, 2.24) is 5.32 Å². The van der Waals surface area contributed by atoms with Gasteiger partial charge in [0.2, 0.25) is 5.91 Å². The zero-order chi connectivity index (χ0) is 28.3. The first-order chi connectivity index (χ1) is 18.6. The van der Waals surface area contributed by atoms with Gasteiger partial charge in [-0.05, 0) is 54.4 Å². The number of carbonyl (C=O) groups is 4. The van der Waals surface area contributed by atoms with Crippen molar-refractivity contribution in [3.05, 3.63) is 69.3 Å². The summed E-state index contributed by atoms with van der Waals surface area (Å²) < 4.78 is 5.26. The molecule has 2 aromatic rings. The number of phenolic OH excluding ortho intramolecular Hbond substituents is 1. The van der Waals surface area contributed by atoms with E-state index in [1.807, 2.05) is 31.2 Å². The second-order valence-electron chi connectivity index (χ2n) is 10.2. The van der Waals surface area contributed by atoms with E-state index in [0.29, 0.717) is 24.8 Å². The summed E-state index contributed by atoms with van der Waals surface area (Å²) in [5.74, 6) is -3.45. The Bertz CT molecular complexity index is 1280. The molecular formula is C28H31N3O8. The van der Waals surface area contributed by atoms with Crippen LogP contribution in [0.2, 0.25) is 0 Å². The van der Waals surface area contributed by atoms with E-state index in [0.717, 1.165) is 23.3 Å². The van der Waals surface area contributed by atoms with Gasteiger partial charge in [-0.3, -0.25) is 29.3 Å². The summed E-state index contributed by atoms with van der Waals surface area (Å²) in [7, 11) is 0. The Morgan fingerprint density at radius 2 is 1.79 bits per heavy atom. The average Bonchev–Trinajstić information content (AvgIpc) is 3.59. The van der Waals surface area contributed by atoms with E-state index in [9.17, 15) is 34.4 Å². The van der Waals surface area contributed by atoms with E-state index in [4.69, 9.17) is 10.5 Å². The fraction of sp³-hybridized carbons (Fsp3) is 0.429. The maximum atomic E-state index is 13.6. The highest BCUT2D eigenvalue weighted by atomic mass is 16.6. The lowest BCUT2D eigenvalue weighted by Crippen LogP contribution is -2.46. The third kappa shape index (κ3) is 6.48. The minimum absolute atomic E-state index is 0.137. The van der Waals surface area contributed by atoms with Gasteiger partial charge in [-0.25, -0.2) is 0 Å². The lowest BCUT2D eigenvalue weighted by atomic mass is 9.83. The van der Waals surface area contributed by atoms with E-state index >= 15 is 0 Å². The predicted octanol–water partition coefficient (Wildman–Crippen LogP) is 1.94. The number of phenols is 1. The number of fused-ring (bicyclic) bond motifs is 1. The van der Waals surface area contributed by atoms with Crippen LogP contribution in [-0.2, 0) is 43.2 Å².